The monoisotopic (exact) mass is 355 g/mol. The van der Waals surface area contributed by atoms with E-state index in [1.165, 1.54) is 12.1 Å². The van der Waals surface area contributed by atoms with E-state index in [1.807, 2.05) is 19.1 Å². The molecule has 2 aromatic rings. The Morgan fingerprint density at radius 3 is 2.73 bits per heavy atom. The summed E-state index contributed by atoms with van der Waals surface area (Å²) in [5, 5.41) is 2.76. The van der Waals surface area contributed by atoms with Gasteiger partial charge in [0.25, 0.3) is 5.91 Å². The minimum Gasteiger partial charge on any atom is -0.352 e. The molecule has 1 N–H and O–H groups in total. The van der Waals surface area contributed by atoms with Crippen molar-refractivity contribution in [3.05, 3.63) is 65.5 Å². The van der Waals surface area contributed by atoms with Crippen molar-refractivity contribution >= 4 is 17.6 Å². The number of hydrogen-bond donors (Lipinski definition) is 1. The van der Waals surface area contributed by atoms with Gasteiger partial charge < -0.3 is 10.2 Å². The summed E-state index contributed by atoms with van der Waals surface area (Å²) in [6.07, 6.45) is 0.812. The largest absolute Gasteiger partial charge is 0.352 e. The van der Waals surface area contributed by atoms with Gasteiger partial charge in [-0.3, -0.25) is 9.69 Å². The van der Waals surface area contributed by atoms with Crippen molar-refractivity contribution in [3.63, 3.8) is 0 Å². The molecule has 1 heterocycles. The van der Waals surface area contributed by atoms with E-state index < -0.39 is 0 Å². The van der Waals surface area contributed by atoms with Crippen LogP contribution in [0.1, 0.15) is 29.3 Å². The molecule has 1 saturated heterocycles. The zero-order valence-corrected chi connectivity index (χ0v) is 14.7. The Kier molecular flexibility index (Phi) is 5.51. The second-order valence-electron chi connectivity index (χ2n) is 6.25. The predicted octanol–water partition coefficient (Wildman–Crippen LogP) is 3.41. The fourth-order valence-corrected chi connectivity index (χ4v) is 3.10. The number of hydrogen-bond acceptors (Lipinski definition) is 2. The smallest absolute Gasteiger partial charge is 0.324 e. The first-order valence-corrected chi connectivity index (χ1v) is 8.77. The van der Waals surface area contributed by atoms with Crippen molar-refractivity contribution in [2.24, 2.45) is 0 Å². The number of nitrogens with zero attached hydrogens (tertiary/aromatic N) is 2. The molecule has 0 aliphatic carbocycles. The van der Waals surface area contributed by atoms with Crippen LogP contribution in [0.4, 0.5) is 14.9 Å². The molecule has 136 valence electrons. The van der Waals surface area contributed by atoms with Crippen LogP contribution in [0.2, 0.25) is 0 Å². The number of urea groups is 1. The van der Waals surface area contributed by atoms with Crippen LogP contribution in [0.25, 0.3) is 0 Å². The van der Waals surface area contributed by atoms with Gasteiger partial charge in [-0.1, -0.05) is 18.2 Å². The van der Waals surface area contributed by atoms with E-state index in [0.29, 0.717) is 37.4 Å². The van der Waals surface area contributed by atoms with Crippen molar-refractivity contribution in [1.29, 1.82) is 0 Å². The second-order valence-corrected chi connectivity index (χ2v) is 6.25. The zero-order chi connectivity index (χ0) is 18.5. The number of anilines is 1. The first-order valence-electron chi connectivity index (χ1n) is 8.77. The number of rotatable bonds is 5. The number of amides is 3. The fourth-order valence-electron chi connectivity index (χ4n) is 3.10. The Bertz CT molecular complexity index is 809. The van der Waals surface area contributed by atoms with E-state index in [-0.39, 0.29) is 17.8 Å². The standard InChI is InChI=1S/C20H22FN3O2/c1-2-22-19(25)16-7-4-9-18(13-16)24-11-5-10-23(20(24)26)14-15-6-3-8-17(21)12-15/h3-4,6-9,12-13H,2,5,10-11,14H2,1H3,(H,22,25). The minimum atomic E-state index is -0.307. The molecule has 3 rings (SSSR count). The van der Waals surface area contributed by atoms with E-state index in [9.17, 15) is 14.0 Å². The van der Waals surface area contributed by atoms with E-state index in [2.05, 4.69) is 5.32 Å². The molecule has 1 aliphatic heterocycles. The summed E-state index contributed by atoms with van der Waals surface area (Å²) in [6, 6.07) is 13.2. The number of carbonyl (C=O) groups is 2. The van der Waals surface area contributed by atoms with Crippen LogP contribution in [0, 0.1) is 5.82 Å². The van der Waals surface area contributed by atoms with Gasteiger partial charge in [-0.15, -0.1) is 0 Å². The Balaban J connectivity index is 1.77. The molecule has 2 aromatic carbocycles. The number of halogens is 1. The quantitative estimate of drug-likeness (QED) is 0.894. The van der Waals surface area contributed by atoms with Gasteiger partial charge in [0.2, 0.25) is 0 Å². The summed E-state index contributed by atoms with van der Waals surface area (Å²) in [6.45, 7) is 4.00. The SMILES string of the molecule is CCNC(=O)c1cccc(N2CCCN(Cc3cccc(F)c3)C2=O)c1. The van der Waals surface area contributed by atoms with E-state index in [0.717, 1.165) is 12.0 Å². The Hall–Kier alpha value is -2.89. The molecule has 0 unspecified atom stereocenters. The van der Waals surface area contributed by atoms with Gasteiger partial charge in [0, 0.05) is 37.4 Å². The third-order valence-electron chi connectivity index (χ3n) is 4.33. The van der Waals surface area contributed by atoms with Crippen molar-refractivity contribution in [3.8, 4) is 0 Å². The van der Waals surface area contributed by atoms with Crippen molar-refractivity contribution < 1.29 is 14.0 Å². The highest BCUT2D eigenvalue weighted by Gasteiger charge is 2.27. The molecule has 6 heteroatoms. The number of carbonyl (C=O) groups excluding carboxylic acids is 2. The van der Waals surface area contributed by atoms with Crippen LogP contribution in [0.3, 0.4) is 0 Å². The molecular formula is C20H22FN3O2. The topological polar surface area (TPSA) is 52.7 Å². The van der Waals surface area contributed by atoms with Crippen molar-refractivity contribution in [1.82, 2.24) is 10.2 Å². The zero-order valence-electron chi connectivity index (χ0n) is 14.7. The van der Waals surface area contributed by atoms with Gasteiger partial charge in [-0.2, -0.15) is 0 Å². The van der Waals surface area contributed by atoms with Gasteiger partial charge in [0.1, 0.15) is 5.82 Å². The van der Waals surface area contributed by atoms with Crippen molar-refractivity contribution in [2.75, 3.05) is 24.5 Å². The summed E-state index contributed by atoms with van der Waals surface area (Å²) in [4.78, 5) is 28.3. The lowest BCUT2D eigenvalue weighted by atomic mass is 10.1. The summed E-state index contributed by atoms with van der Waals surface area (Å²) < 4.78 is 13.4. The summed E-state index contributed by atoms with van der Waals surface area (Å²) >= 11 is 0. The molecule has 0 atom stereocenters. The highest BCUT2D eigenvalue weighted by molar-refractivity contribution is 5.97. The molecule has 0 radical (unpaired) electrons. The fraction of sp³-hybridized carbons (Fsp3) is 0.300. The number of nitrogens with one attached hydrogen (secondary N) is 1. The maximum Gasteiger partial charge on any atom is 0.324 e. The average molecular weight is 355 g/mol. The molecule has 0 saturated carbocycles. The average Bonchev–Trinajstić information content (AvgIpc) is 2.64. The normalized spacial score (nSPS) is 14.5. The molecule has 3 amide bonds. The third kappa shape index (κ3) is 4.02. The number of benzene rings is 2. The van der Waals surface area contributed by atoms with Crippen LogP contribution in [-0.4, -0.2) is 36.5 Å². The maximum absolute atomic E-state index is 13.4. The summed E-state index contributed by atoms with van der Waals surface area (Å²) in [5.41, 5.74) is 1.98. The van der Waals surface area contributed by atoms with Crippen LogP contribution < -0.4 is 10.2 Å². The molecule has 0 bridgehead atoms. The summed E-state index contributed by atoms with van der Waals surface area (Å²) in [7, 11) is 0. The first-order chi connectivity index (χ1) is 12.6. The molecule has 5 nitrogen and oxygen atoms in total. The Morgan fingerprint density at radius 2 is 1.96 bits per heavy atom. The van der Waals surface area contributed by atoms with Crippen LogP contribution >= 0.6 is 0 Å². The molecular weight excluding hydrogens is 333 g/mol. The van der Waals surface area contributed by atoms with E-state index in [4.69, 9.17) is 0 Å². The minimum absolute atomic E-state index is 0.131. The van der Waals surface area contributed by atoms with Gasteiger partial charge in [-0.25, -0.2) is 9.18 Å². The Labute approximate surface area is 152 Å². The van der Waals surface area contributed by atoms with Gasteiger partial charge in [0.05, 0.1) is 0 Å². The predicted molar refractivity (Wildman–Crippen MR) is 98.6 cm³/mol. The van der Waals surface area contributed by atoms with Crippen molar-refractivity contribution in [2.45, 2.75) is 19.9 Å². The van der Waals surface area contributed by atoms with E-state index >= 15 is 0 Å². The molecule has 26 heavy (non-hydrogen) atoms. The molecule has 1 aliphatic rings. The van der Waals surface area contributed by atoms with E-state index in [1.54, 1.807) is 34.1 Å². The molecule has 1 fully saturated rings. The Morgan fingerprint density at radius 1 is 1.15 bits per heavy atom. The van der Waals surface area contributed by atoms with Gasteiger partial charge in [-0.05, 0) is 49.2 Å². The van der Waals surface area contributed by atoms with Gasteiger partial charge in [0.15, 0.2) is 0 Å². The highest BCUT2D eigenvalue weighted by atomic mass is 19.1. The molecule has 0 spiro atoms. The van der Waals surface area contributed by atoms with Gasteiger partial charge >= 0.3 is 6.03 Å². The third-order valence-corrected chi connectivity index (χ3v) is 4.33. The maximum atomic E-state index is 13.4. The lowest BCUT2D eigenvalue weighted by molar-refractivity contribution is 0.0955. The molecule has 0 aromatic heterocycles. The highest BCUT2D eigenvalue weighted by Crippen LogP contribution is 2.22. The first kappa shape index (κ1) is 17.9. The van der Waals surface area contributed by atoms with Crippen LogP contribution in [0.5, 0.6) is 0 Å². The lowest BCUT2D eigenvalue weighted by Crippen LogP contribution is -2.49. The lowest BCUT2D eigenvalue weighted by Gasteiger charge is -2.35. The second kappa shape index (κ2) is 7.99. The summed E-state index contributed by atoms with van der Waals surface area (Å²) in [5.74, 6) is -0.464. The van der Waals surface area contributed by atoms with Crippen LogP contribution in [-0.2, 0) is 6.54 Å². The van der Waals surface area contributed by atoms with Crippen LogP contribution in [0.15, 0.2) is 48.5 Å².